The Hall–Kier alpha value is -6.43. The maximum atomic E-state index is 13.9. The maximum absolute atomic E-state index is 13.9. The van der Waals surface area contributed by atoms with E-state index in [4.69, 9.17) is 33.8 Å². The van der Waals surface area contributed by atoms with Gasteiger partial charge in [0.2, 0.25) is 11.8 Å². The van der Waals surface area contributed by atoms with Crippen LogP contribution in [0.1, 0.15) is 69.7 Å². The molecule has 4 N–H and O–H groups in total. The number of hydrogen-bond donors (Lipinski definition) is 4. The maximum Gasteiger partial charge on any atom is 0.407 e. The third kappa shape index (κ3) is 9.64. The predicted octanol–water partition coefficient (Wildman–Crippen LogP) is 5.37. The Kier molecular flexibility index (Phi) is 13.5. The highest BCUT2D eigenvalue weighted by molar-refractivity contribution is 5.96. The number of aromatic nitrogens is 4. The van der Waals surface area contributed by atoms with Crippen LogP contribution in [0.3, 0.4) is 0 Å². The van der Waals surface area contributed by atoms with Gasteiger partial charge in [-0.1, -0.05) is 49.3 Å². The van der Waals surface area contributed by atoms with Gasteiger partial charge in [-0.2, -0.15) is 0 Å². The number of rotatable bonds is 8. The van der Waals surface area contributed by atoms with E-state index in [1.165, 1.54) is 21.3 Å². The van der Waals surface area contributed by atoms with Crippen LogP contribution in [-0.2, 0) is 28.6 Å². The monoisotopic (exact) mass is 839 g/mol. The molecular weight excluding hydrogens is 787 g/mol. The third-order valence-corrected chi connectivity index (χ3v) is 11.2. The van der Waals surface area contributed by atoms with Gasteiger partial charge in [0.05, 0.1) is 75.6 Å². The number of carbonyl (C=O) groups is 4. The zero-order valence-corrected chi connectivity index (χ0v) is 35.1. The molecule has 0 saturated carbocycles. The molecule has 61 heavy (non-hydrogen) atoms. The number of ether oxygens (including phenoxy) is 4. The quantitative estimate of drug-likeness (QED) is 0.166. The van der Waals surface area contributed by atoms with Crippen LogP contribution in [-0.4, -0.2) is 126 Å². The zero-order chi connectivity index (χ0) is 43.0. The average molecular weight is 840 g/mol. The van der Waals surface area contributed by atoms with Gasteiger partial charge in [0.1, 0.15) is 36.6 Å². The number of oxime groups is 1. The second-order valence-electron chi connectivity index (χ2n) is 15.5. The van der Waals surface area contributed by atoms with Gasteiger partial charge < -0.3 is 54.2 Å². The van der Waals surface area contributed by atoms with E-state index in [0.717, 1.165) is 46.5 Å². The second kappa shape index (κ2) is 19.3. The molecule has 18 heteroatoms. The molecule has 2 fully saturated rings. The molecule has 324 valence electrons. The molecule has 18 nitrogen and oxygen atoms in total. The van der Waals surface area contributed by atoms with E-state index in [1.807, 2.05) is 56.3 Å². The number of carbonyl (C=O) groups excluding carboxylic acids is 4. The first kappa shape index (κ1) is 42.7. The minimum atomic E-state index is -0.885. The van der Waals surface area contributed by atoms with Crippen LogP contribution in [0.4, 0.5) is 9.59 Å². The summed E-state index contributed by atoms with van der Waals surface area (Å²) in [6.45, 7) is 5.33. The summed E-state index contributed by atoms with van der Waals surface area (Å²) in [5.74, 6) is 1.23. The van der Waals surface area contributed by atoms with Crippen molar-refractivity contribution in [2.24, 2.45) is 11.1 Å². The van der Waals surface area contributed by atoms with Gasteiger partial charge in [-0.3, -0.25) is 9.59 Å². The number of H-pyrrole nitrogens is 2. The molecular formula is C43H53N9O9. The molecule has 3 aliphatic heterocycles. The van der Waals surface area contributed by atoms with E-state index in [-0.39, 0.29) is 36.9 Å². The number of likely N-dealkylation sites (tertiary alicyclic amines) is 1. The van der Waals surface area contributed by atoms with Crippen molar-refractivity contribution in [1.82, 2.24) is 40.4 Å². The fraction of sp³-hybridized carbons (Fsp3) is 0.465. The number of imidazole rings is 2. The van der Waals surface area contributed by atoms with Crippen molar-refractivity contribution < 1.29 is 43.0 Å². The lowest BCUT2D eigenvalue weighted by molar-refractivity contribution is -0.136. The summed E-state index contributed by atoms with van der Waals surface area (Å²) in [5.41, 5.74) is 5.89. The average Bonchev–Trinajstić information content (AvgIpc) is 4.11. The molecule has 4 atom stereocenters. The van der Waals surface area contributed by atoms with E-state index in [1.54, 1.807) is 22.2 Å². The molecule has 0 spiro atoms. The zero-order valence-electron chi connectivity index (χ0n) is 35.1. The van der Waals surface area contributed by atoms with Crippen LogP contribution in [0.2, 0.25) is 0 Å². The van der Waals surface area contributed by atoms with Gasteiger partial charge in [0.25, 0.3) is 0 Å². The molecule has 0 unspecified atom stereocenters. The van der Waals surface area contributed by atoms with Crippen LogP contribution >= 0.6 is 0 Å². The Morgan fingerprint density at radius 2 is 1.56 bits per heavy atom. The Labute approximate surface area is 353 Å². The van der Waals surface area contributed by atoms with Crippen LogP contribution in [0.15, 0.2) is 60.0 Å². The Morgan fingerprint density at radius 1 is 0.869 bits per heavy atom. The molecule has 5 heterocycles. The standard InChI is InChI=1S/C43H53N9O9/c1-25(2)37(49-43(56)58-4)41(54)52-23-29(50-59-5)20-35(52)39-44-21-31(46-39)27-12-10-26(11-13-27)28-14-15-30-32-22-45-38(47-32)34-9-8-16-51(34)40(53)33(48-42(55)57-3)24-60-17-6-7-18-61-36(30)19-28/h10-15,19,21-22,25,33-35,37H,6-9,16-18,20,23-24H2,1-5H3,(H,44,46)(H,45,47)(H,48,55)(H,49,56)/b50-29+/t33-,34-,35+,37+/m0/s1. The highest BCUT2D eigenvalue weighted by atomic mass is 16.6. The Balaban J connectivity index is 1.11. The van der Waals surface area contributed by atoms with Crippen LogP contribution < -0.4 is 15.4 Å². The van der Waals surface area contributed by atoms with E-state index in [2.05, 4.69) is 25.8 Å². The number of nitrogens with zero attached hydrogens (tertiary/aromatic N) is 5. The molecule has 2 aromatic carbocycles. The van der Waals surface area contributed by atoms with E-state index in [9.17, 15) is 19.2 Å². The van der Waals surface area contributed by atoms with Gasteiger partial charge in [-0.25, -0.2) is 19.6 Å². The van der Waals surface area contributed by atoms with Gasteiger partial charge >= 0.3 is 12.2 Å². The van der Waals surface area contributed by atoms with Crippen LogP contribution in [0, 0.1) is 5.92 Å². The number of amides is 4. The molecule has 0 radical (unpaired) electrons. The SMILES string of the molecule is CO/N=C1\C[C@H](c2ncc(-c3ccc(-c4ccc5c(c4)OCCCCOC[C@H](NC(=O)OC)C(=O)N4CCC[C@H]4c4ncc-5[nH]4)cc3)[nH]2)N(C(=O)[C@H](NC(=O)OC)C(C)C)C1. The summed E-state index contributed by atoms with van der Waals surface area (Å²) in [5, 5.41) is 9.45. The van der Waals surface area contributed by atoms with Crippen LogP contribution in [0.5, 0.6) is 5.75 Å². The first-order chi connectivity index (χ1) is 29.6. The number of nitrogens with one attached hydrogen (secondary N) is 4. The van der Waals surface area contributed by atoms with Crippen molar-refractivity contribution in [3.05, 3.63) is 66.5 Å². The first-order valence-electron chi connectivity index (χ1n) is 20.5. The van der Waals surface area contributed by atoms with E-state index in [0.29, 0.717) is 62.1 Å². The molecule has 2 saturated heterocycles. The first-order valence-corrected chi connectivity index (χ1v) is 20.5. The van der Waals surface area contributed by atoms with Gasteiger partial charge in [0, 0.05) is 25.1 Å². The van der Waals surface area contributed by atoms with Crippen molar-refractivity contribution in [1.29, 1.82) is 0 Å². The minimum Gasteiger partial charge on any atom is -0.493 e. The number of benzene rings is 2. The molecule has 7 rings (SSSR count). The summed E-state index contributed by atoms with van der Waals surface area (Å²) in [6.07, 6.45) is 5.46. The topological polar surface area (TPSA) is 215 Å². The normalized spacial score (nSPS) is 20.7. The second-order valence-corrected chi connectivity index (χ2v) is 15.5. The van der Waals surface area contributed by atoms with E-state index >= 15 is 0 Å². The summed E-state index contributed by atoms with van der Waals surface area (Å²) >= 11 is 0. The summed E-state index contributed by atoms with van der Waals surface area (Å²) in [6, 6.07) is 11.7. The Bertz CT molecular complexity index is 2220. The fourth-order valence-corrected chi connectivity index (χ4v) is 8.02. The highest BCUT2D eigenvalue weighted by Crippen LogP contribution is 2.38. The lowest BCUT2D eigenvalue weighted by Crippen LogP contribution is -2.51. The lowest BCUT2D eigenvalue weighted by atomic mass is 10.00. The largest absolute Gasteiger partial charge is 0.493 e. The smallest absolute Gasteiger partial charge is 0.407 e. The minimum absolute atomic E-state index is 0.0234. The van der Waals surface area contributed by atoms with Crippen molar-refractivity contribution in [3.63, 3.8) is 0 Å². The van der Waals surface area contributed by atoms with Gasteiger partial charge in [-0.15, -0.1) is 0 Å². The van der Waals surface area contributed by atoms with Crippen molar-refractivity contribution in [3.8, 4) is 39.4 Å². The predicted molar refractivity (Wildman–Crippen MR) is 223 cm³/mol. The number of hydrogen-bond acceptors (Lipinski definition) is 12. The molecule has 3 aliphatic rings. The van der Waals surface area contributed by atoms with Gasteiger partial charge in [0.15, 0.2) is 0 Å². The molecule has 4 aromatic rings. The number of methoxy groups -OCH3 is 2. The molecule has 2 bridgehead atoms. The van der Waals surface area contributed by atoms with Gasteiger partial charge in [-0.05, 0) is 60.4 Å². The fourth-order valence-electron chi connectivity index (χ4n) is 8.02. The van der Waals surface area contributed by atoms with Crippen molar-refractivity contribution in [2.75, 3.05) is 54.2 Å². The number of fused-ring (bicyclic) bond motifs is 6. The summed E-state index contributed by atoms with van der Waals surface area (Å²) < 4.78 is 21.9. The molecule has 0 aliphatic carbocycles. The third-order valence-electron chi connectivity index (χ3n) is 11.2. The van der Waals surface area contributed by atoms with E-state index < -0.39 is 30.3 Å². The molecule has 2 aromatic heterocycles. The number of aromatic amines is 2. The highest BCUT2D eigenvalue weighted by Gasteiger charge is 2.41. The number of alkyl carbamates (subject to hydrolysis) is 2. The lowest BCUT2D eigenvalue weighted by Gasteiger charge is -2.29. The summed E-state index contributed by atoms with van der Waals surface area (Å²) in [4.78, 5) is 76.6. The Morgan fingerprint density at radius 3 is 2.30 bits per heavy atom. The van der Waals surface area contributed by atoms with Crippen molar-refractivity contribution >= 4 is 29.7 Å². The van der Waals surface area contributed by atoms with Crippen LogP contribution in [0.25, 0.3) is 33.6 Å². The summed E-state index contributed by atoms with van der Waals surface area (Å²) in [7, 11) is 3.99. The van der Waals surface area contributed by atoms with Crippen molar-refractivity contribution in [2.45, 2.75) is 70.1 Å². The molecule has 4 amide bonds.